The first-order chi connectivity index (χ1) is 15.3. The van der Waals surface area contributed by atoms with Crippen LogP contribution in [-0.4, -0.2) is 11.7 Å². The molecule has 0 bridgehead atoms. The fourth-order valence-electron chi connectivity index (χ4n) is 3.86. The predicted molar refractivity (Wildman–Crippen MR) is 133 cm³/mol. The Bertz CT molecular complexity index is 701. The summed E-state index contributed by atoms with van der Waals surface area (Å²) >= 11 is 0. The number of aliphatic hydroxyl groups is 1. The minimum absolute atomic E-state index is 0.0674. The summed E-state index contributed by atoms with van der Waals surface area (Å²) in [5.41, 5.74) is 3.14. The van der Waals surface area contributed by atoms with E-state index in [-0.39, 0.29) is 6.61 Å². The van der Waals surface area contributed by atoms with E-state index in [0.717, 1.165) is 36.6 Å². The number of hydrogen-bond donors (Lipinski definition) is 2. The predicted octanol–water partition coefficient (Wildman–Crippen LogP) is 7.87. The Morgan fingerprint density at radius 1 is 0.710 bits per heavy atom. The van der Waals surface area contributed by atoms with Crippen molar-refractivity contribution in [1.29, 1.82) is 0 Å². The summed E-state index contributed by atoms with van der Waals surface area (Å²) in [5, 5.41) is 12.7. The molecule has 2 N–H and O–H groups in total. The van der Waals surface area contributed by atoms with E-state index in [4.69, 9.17) is 4.74 Å². The smallest absolute Gasteiger partial charge is 0.119 e. The minimum Gasteiger partial charge on any atom is -0.494 e. The van der Waals surface area contributed by atoms with Crippen LogP contribution in [0.2, 0.25) is 0 Å². The van der Waals surface area contributed by atoms with Crippen molar-refractivity contribution in [2.45, 2.75) is 97.1 Å². The van der Waals surface area contributed by atoms with E-state index in [1.165, 1.54) is 76.2 Å². The summed E-state index contributed by atoms with van der Waals surface area (Å²) in [6.07, 6.45) is 16.3. The second-order valence-electron chi connectivity index (χ2n) is 8.60. The van der Waals surface area contributed by atoms with Crippen molar-refractivity contribution in [2.75, 3.05) is 11.9 Å². The number of aliphatic hydroxyl groups excluding tert-OH is 1. The fraction of sp³-hybridized carbons (Fsp3) is 0.571. The SMILES string of the molecule is CCCCCCCCCCCCCCOc1cccc(CNc2cccc(CO)c2)c1. The lowest BCUT2D eigenvalue weighted by molar-refractivity contribution is 0.282. The highest BCUT2D eigenvalue weighted by Gasteiger charge is 2.00. The summed E-state index contributed by atoms with van der Waals surface area (Å²) in [6, 6.07) is 16.2. The summed E-state index contributed by atoms with van der Waals surface area (Å²) in [7, 11) is 0. The molecule has 31 heavy (non-hydrogen) atoms. The van der Waals surface area contributed by atoms with Crippen molar-refractivity contribution < 1.29 is 9.84 Å². The molecule has 0 atom stereocenters. The molecule has 0 fully saturated rings. The molecule has 0 aliphatic rings. The van der Waals surface area contributed by atoms with Gasteiger partial charge in [-0.15, -0.1) is 0 Å². The van der Waals surface area contributed by atoms with E-state index >= 15 is 0 Å². The molecule has 0 aromatic heterocycles. The molecule has 0 aliphatic carbocycles. The lowest BCUT2D eigenvalue weighted by Crippen LogP contribution is -2.01. The molecule has 2 aromatic rings. The molecule has 2 aromatic carbocycles. The van der Waals surface area contributed by atoms with Crippen LogP contribution in [0.1, 0.15) is 95.1 Å². The van der Waals surface area contributed by atoms with Gasteiger partial charge in [-0.05, 0) is 41.8 Å². The highest BCUT2D eigenvalue weighted by Crippen LogP contribution is 2.17. The summed E-state index contributed by atoms with van der Waals surface area (Å²) in [5.74, 6) is 0.950. The van der Waals surface area contributed by atoms with E-state index in [2.05, 4.69) is 30.4 Å². The van der Waals surface area contributed by atoms with E-state index in [9.17, 15) is 5.11 Å². The number of unbranched alkanes of at least 4 members (excludes halogenated alkanes) is 11. The van der Waals surface area contributed by atoms with Gasteiger partial charge in [-0.1, -0.05) is 102 Å². The van der Waals surface area contributed by atoms with E-state index in [1.807, 2.05) is 30.3 Å². The first kappa shape index (κ1) is 25.3. The Kier molecular flexibility index (Phi) is 13.6. The first-order valence-corrected chi connectivity index (χ1v) is 12.5. The quantitative estimate of drug-likeness (QED) is 0.239. The van der Waals surface area contributed by atoms with Crippen LogP contribution in [-0.2, 0) is 13.2 Å². The fourth-order valence-corrected chi connectivity index (χ4v) is 3.86. The molecule has 0 spiro atoms. The number of anilines is 1. The highest BCUT2D eigenvalue weighted by atomic mass is 16.5. The Morgan fingerprint density at radius 2 is 1.32 bits per heavy atom. The average molecular weight is 426 g/mol. The lowest BCUT2D eigenvalue weighted by Gasteiger charge is -2.10. The van der Waals surface area contributed by atoms with Gasteiger partial charge in [-0.2, -0.15) is 0 Å². The van der Waals surface area contributed by atoms with Crippen molar-refractivity contribution in [2.24, 2.45) is 0 Å². The van der Waals surface area contributed by atoms with E-state index in [0.29, 0.717) is 0 Å². The Morgan fingerprint density at radius 3 is 2.00 bits per heavy atom. The number of rotatable bonds is 18. The van der Waals surface area contributed by atoms with Gasteiger partial charge in [-0.25, -0.2) is 0 Å². The molecule has 0 unspecified atom stereocenters. The zero-order valence-corrected chi connectivity index (χ0v) is 19.6. The monoisotopic (exact) mass is 425 g/mol. The third kappa shape index (κ3) is 11.8. The third-order valence-electron chi connectivity index (χ3n) is 5.77. The van der Waals surface area contributed by atoms with Gasteiger partial charge in [0.15, 0.2) is 0 Å². The van der Waals surface area contributed by atoms with Crippen molar-refractivity contribution >= 4 is 5.69 Å². The van der Waals surface area contributed by atoms with Crippen LogP contribution in [0.3, 0.4) is 0 Å². The second kappa shape index (κ2) is 16.7. The van der Waals surface area contributed by atoms with Crippen molar-refractivity contribution in [3.05, 3.63) is 59.7 Å². The Hall–Kier alpha value is -2.00. The van der Waals surface area contributed by atoms with Gasteiger partial charge in [0.25, 0.3) is 0 Å². The number of hydrogen-bond acceptors (Lipinski definition) is 3. The van der Waals surface area contributed by atoms with Crippen LogP contribution in [0.5, 0.6) is 5.75 Å². The maximum absolute atomic E-state index is 9.26. The molecular weight excluding hydrogens is 382 g/mol. The van der Waals surface area contributed by atoms with Gasteiger partial charge in [0, 0.05) is 12.2 Å². The van der Waals surface area contributed by atoms with Crippen LogP contribution in [0.4, 0.5) is 5.69 Å². The van der Waals surface area contributed by atoms with Gasteiger partial charge in [-0.3, -0.25) is 0 Å². The van der Waals surface area contributed by atoms with E-state index in [1.54, 1.807) is 0 Å². The van der Waals surface area contributed by atoms with Crippen LogP contribution in [0.25, 0.3) is 0 Å². The van der Waals surface area contributed by atoms with Gasteiger partial charge in [0.05, 0.1) is 13.2 Å². The molecule has 0 saturated carbocycles. The average Bonchev–Trinajstić information content (AvgIpc) is 2.81. The maximum atomic E-state index is 9.26. The van der Waals surface area contributed by atoms with Crippen LogP contribution in [0.15, 0.2) is 48.5 Å². The van der Waals surface area contributed by atoms with Gasteiger partial charge in [0.1, 0.15) is 5.75 Å². The normalized spacial score (nSPS) is 10.9. The number of ether oxygens (including phenoxy) is 1. The minimum atomic E-state index is 0.0674. The molecule has 0 heterocycles. The molecule has 0 amide bonds. The Labute approximate surface area is 190 Å². The number of benzene rings is 2. The number of nitrogens with one attached hydrogen (secondary N) is 1. The summed E-state index contributed by atoms with van der Waals surface area (Å²) in [4.78, 5) is 0. The largest absolute Gasteiger partial charge is 0.494 e. The highest BCUT2D eigenvalue weighted by molar-refractivity contribution is 5.46. The van der Waals surface area contributed by atoms with Crippen LogP contribution >= 0.6 is 0 Å². The topological polar surface area (TPSA) is 41.5 Å². The van der Waals surface area contributed by atoms with Gasteiger partial charge < -0.3 is 15.2 Å². The van der Waals surface area contributed by atoms with E-state index < -0.39 is 0 Å². The summed E-state index contributed by atoms with van der Waals surface area (Å²) < 4.78 is 5.97. The second-order valence-corrected chi connectivity index (χ2v) is 8.60. The molecule has 3 heteroatoms. The third-order valence-corrected chi connectivity index (χ3v) is 5.77. The van der Waals surface area contributed by atoms with Gasteiger partial charge >= 0.3 is 0 Å². The van der Waals surface area contributed by atoms with Crippen molar-refractivity contribution in [3.63, 3.8) is 0 Å². The maximum Gasteiger partial charge on any atom is 0.119 e. The lowest BCUT2D eigenvalue weighted by atomic mass is 10.1. The zero-order chi connectivity index (χ0) is 22.0. The molecular formula is C28H43NO2. The molecule has 0 saturated heterocycles. The van der Waals surface area contributed by atoms with Crippen molar-refractivity contribution in [3.8, 4) is 5.75 Å². The van der Waals surface area contributed by atoms with Crippen LogP contribution in [0, 0.1) is 0 Å². The molecule has 0 radical (unpaired) electrons. The summed E-state index contributed by atoms with van der Waals surface area (Å²) in [6.45, 7) is 3.89. The standard InChI is InChI=1S/C28H43NO2/c1-2-3-4-5-6-7-8-9-10-11-12-13-20-31-28-19-15-16-25(22-28)23-29-27-18-14-17-26(21-27)24-30/h14-19,21-22,29-30H,2-13,20,23-24H2,1H3. The molecule has 0 aliphatic heterocycles. The zero-order valence-electron chi connectivity index (χ0n) is 19.6. The molecule has 172 valence electrons. The van der Waals surface area contributed by atoms with Crippen LogP contribution < -0.4 is 10.1 Å². The molecule has 2 rings (SSSR count). The van der Waals surface area contributed by atoms with Gasteiger partial charge in [0.2, 0.25) is 0 Å². The molecule has 3 nitrogen and oxygen atoms in total. The van der Waals surface area contributed by atoms with Crippen molar-refractivity contribution in [1.82, 2.24) is 0 Å². The Balaban J connectivity index is 1.51. The first-order valence-electron chi connectivity index (χ1n) is 12.5.